The molecule has 6 rings (SSSR count). The van der Waals surface area contributed by atoms with E-state index in [9.17, 15) is 14.5 Å². The van der Waals surface area contributed by atoms with Crippen molar-refractivity contribution in [1.82, 2.24) is 9.80 Å². The van der Waals surface area contributed by atoms with E-state index in [2.05, 4.69) is 4.90 Å². The maximum absolute atomic E-state index is 14.5. The van der Waals surface area contributed by atoms with Crippen LogP contribution in [0, 0.1) is 5.92 Å². The van der Waals surface area contributed by atoms with E-state index in [-0.39, 0.29) is 42.8 Å². The molecule has 11 heteroatoms. The smallest absolute Gasteiger partial charge is 0.475 e. The Hall–Kier alpha value is -3.24. The molecule has 270 valence electrons. The van der Waals surface area contributed by atoms with Crippen LogP contribution in [0.1, 0.15) is 63.1 Å². The number of ether oxygens (including phenoxy) is 2. The van der Waals surface area contributed by atoms with Gasteiger partial charge in [0.25, 0.3) is 0 Å². The number of rotatable bonds is 12. The quantitative estimate of drug-likeness (QED) is 0.193. The molecule has 50 heavy (non-hydrogen) atoms. The van der Waals surface area contributed by atoms with Crippen LogP contribution in [0.2, 0.25) is 0 Å². The van der Waals surface area contributed by atoms with Crippen molar-refractivity contribution < 1.29 is 37.5 Å². The van der Waals surface area contributed by atoms with Crippen molar-refractivity contribution in [3.63, 3.8) is 0 Å². The second-order valence-corrected chi connectivity index (χ2v) is 16.6. The minimum atomic E-state index is -4.09. The highest BCUT2D eigenvalue weighted by molar-refractivity contribution is 7.48. The van der Waals surface area contributed by atoms with Gasteiger partial charge in [-0.2, -0.15) is 0 Å². The number of carbonyl (C=O) groups is 1. The first-order chi connectivity index (χ1) is 23.9. The van der Waals surface area contributed by atoms with Crippen LogP contribution in [0.4, 0.5) is 4.79 Å². The molecule has 1 spiro atoms. The molecule has 2 bridgehead atoms. The summed E-state index contributed by atoms with van der Waals surface area (Å²) in [5.74, 6) is 0.435. The van der Waals surface area contributed by atoms with Crippen molar-refractivity contribution in [1.29, 1.82) is 0 Å². The highest BCUT2D eigenvalue weighted by Gasteiger charge is 2.61. The number of hydrogen-bond donors (Lipinski definition) is 1. The topological polar surface area (TPSA) is 107 Å². The van der Waals surface area contributed by atoms with E-state index in [1.807, 2.05) is 106 Å². The summed E-state index contributed by atoms with van der Waals surface area (Å²) in [6, 6.07) is 26.6. The minimum absolute atomic E-state index is 0.0589. The Morgan fingerprint density at radius 2 is 1.52 bits per heavy atom. The zero-order valence-electron chi connectivity index (χ0n) is 29.8. The van der Waals surface area contributed by atoms with Gasteiger partial charge in [-0.1, -0.05) is 72.8 Å². The maximum Gasteiger partial charge on any atom is 0.475 e. The Bertz CT molecular complexity index is 1570. The second kappa shape index (κ2) is 15.2. The SMILES string of the molecule is COc1ccc(C[C@H]2[C@@H](O)[C@H]3C[C@@]4(CC[C@@H]3OP(=O)(OCc3ccccc3)OCc3ccccc3)C[C@H](N(C)C(=O)OC(C)(C)C)CN24)cc1. The third-order valence-corrected chi connectivity index (χ3v) is 11.8. The van der Waals surface area contributed by atoms with Crippen molar-refractivity contribution in [2.75, 3.05) is 20.7 Å². The Morgan fingerprint density at radius 3 is 2.08 bits per heavy atom. The molecule has 3 fully saturated rings. The molecule has 2 heterocycles. The summed E-state index contributed by atoms with van der Waals surface area (Å²) in [7, 11) is -0.640. The van der Waals surface area contributed by atoms with Crippen LogP contribution >= 0.6 is 7.82 Å². The lowest BCUT2D eigenvalue weighted by Crippen LogP contribution is -2.66. The molecule has 6 atom stereocenters. The van der Waals surface area contributed by atoms with Crippen molar-refractivity contribution in [3.8, 4) is 5.75 Å². The van der Waals surface area contributed by atoms with Crippen LogP contribution in [-0.2, 0) is 42.5 Å². The highest BCUT2D eigenvalue weighted by Crippen LogP contribution is 2.58. The van der Waals surface area contributed by atoms with Crippen molar-refractivity contribution in [2.45, 2.75) is 102 Å². The number of carbonyl (C=O) groups excluding carboxylic acids is 1. The number of amides is 1. The monoisotopic (exact) mass is 706 g/mol. The van der Waals surface area contributed by atoms with Crippen molar-refractivity contribution in [2.24, 2.45) is 5.92 Å². The van der Waals surface area contributed by atoms with Gasteiger partial charge in [0.1, 0.15) is 11.4 Å². The van der Waals surface area contributed by atoms with Gasteiger partial charge in [-0.3, -0.25) is 18.5 Å². The summed E-state index contributed by atoms with van der Waals surface area (Å²) in [5.41, 5.74) is 1.88. The predicted molar refractivity (Wildman–Crippen MR) is 191 cm³/mol. The van der Waals surface area contributed by atoms with E-state index in [1.54, 1.807) is 19.1 Å². The fourth-order valence-corrected chi connectivity index (χ4v) is 9.31. The molecule has 1 saturated carbocycles. The number of hydrogen-bond acceptors (Lipinski definition) is 9. The summed E-state index contributed by atoms with van der Waals surface area (Å²) < 4.78 is 44.0. The Kier molecular flexibility index (Phi) is 11.1. The molecule has 3 aromatic rings. The fraction of sp³-hybridized carbons (Fsp3) is 0.513. The van der Waals surface area contributed by atoms with Gasteiger partial charge in [0.15, 0.2) is 0 Å². The molecule has 0 radical (unpaired) electrons. The third kappa shape index (κ3) is 8.44. The number of aliphatic hydroxyl groups excluding tert-OH is 1. The lowest BCUT2D eigenvalue weighted by Gasteiger charge is -2.57. The van der Waals surface area contributed by atoms with Crippen LogP contribution in [-0.4, -0.2) is 77.1 Å². The predicted octanol–water partition coefficient (Wildman–Crippen LogP) is 7.39. The number of methoxy groups -OCH3 is 1. The lowest BCUT2D eigenvalue weighted by atomic mass is 9.65. The largest absolute Gasteiger partial charge is 0.497 e. The average molecular weight is 707 g/mol. The van der Waals surface area contributed by atoms with Gasteiger partial charge in [0.2, 0.25) is 0 Å². The Labute approximate surface area is 296 Å². The van der Waals surface area contributed by atoms with Gasteiger partial charge in [0.05, 0.1) is 32.5 Å². The zero-order chi connectivity index (χ0) is 35.5. The standard InChI is InChI=1S/C39H51N2O8P/c1-38(2,3)48-37(43)40(4)31-23-39-21-20-35(33(24-39)36(42)34(41(39)25-31)22-28-16-18-32(45-5)19-17-28)49-50(44,46-26-29-12-8-6-9-13-29)47-27-30-14-10-7-11-15-30/h6-19,31,33-36,42H,20-27H2,1-5H3/t31-,33-,34-,35-,36-,39+/m0/s1. The number of phosphoric ester groups is 1. The number of phosphoric acid groups is 1. The molecule has 0 unspecified atom stereocenters. The molecule has 2 aliphatic heterocycles. The zero-order valence-corrected chi connectivity index (χ0v) is 30.7. The van der Waals surface area contributed by atoms with Crippen LogP contribution in [0.25, 0.3) is 0 Å². The average Bonchev–Trinajstić information content (AvgIpc) is 3.48. The van der Waals surface area contributed by atoms with Crippen LogP contribution in [0.5, 0.6) is 5.75 Å². The van der Waals surface area contributed by atoms with E-state index < -0.39 is 25.6 Å². The molecular formula is C39H51N2O8P. The third-order valence-electron chi connectivity index (χ3n) is 10.4. The number of benzene rings is 3. The molecular weight excluding hydrogens is 655 g/mol. The van der Waals surface area contributed by atoms with Gasteiger partial charge >= 0.3 is 13.9 Å². The van der Waals surface area contributed by atoms with Gasteiger partial charge in [-0.25, -0.2) is 9.36 Å². The number of nitrogens with zero attached hydrogens (tertiary/aromatic N) is 2. The van der Waals surface area contributed by atoms with Gasteiger partial charge in [-0.15, -0.1) is 0 Å². The first kappa shape index (κ1) is 36.5. The van der Waals surface area contributed by atoms with E-state index in [0.29, 0.717) is 25.8 Å². The number of aliphatic hydroxyl groups is 1. The normalized spacial score (nSPS) is 26.6. The van der Waals surface area contributed by atoms with E-state index in [4.69, 9.17) is 23.0 Å². The van der Waals surface area contributed by atoms with Crippen LogP contribution < -0.4 is 4.74 Å². The maximum atomic E-state index is 14.5. The number of likely N-dealkylation sites (N-methyl/N-ethyl adjacent to an activating group) is 1. The number of fused-ring (bicyclic) bond motifs is 1. The summed E-state index contributed by atoms with van der Waals surface area (Å²) in [6.07, 6.45) is 1.56. The lowest BCUT2D eigenvalue weighted by molar-refractivity contribution is -0.145. The summed E-state index contributed by atoms with van der Waals surface area (Å²) in [6.45, 7) is 6.34. The molecule has 1 N–H and O–H groups in total. The molecule has 3 aromatic carbocycles. The first-order valence-electron chi connectivity index (χ1n) is 17.6. The van der Waals surface area contributed by atoms with Gasteiger partial charge in [0, 0.05) is 37.1 Å². The molecule has 0 aromatic heterocycles. The summed E-state index contributed by atoms with van der Waals surface area (Å²) in [4.78, 5) is 17.3. The van der Waals surface area contributed by atoms with E-state index in [1.165, 1.54) is 0 Å². The van der Waals surface area contributed by atoms with Crippen LogP contribution in [0.15, 0.2) is 84.9 Å². The summed E-state index contributed by atoms with van der Waals surface area (Å²) in [5, 5.41) is 12.2. The van der Waals surface area contributed by atoms with E-state index >= 15 is 0 Å². The van der Waals surface area contributed by atoms with Gasteiger partial charge in [-0.05, 0) is 81.7 Å². The second-order valence-electron chi connectivity index (χ2n) is 15.0. The molecule has 1 amide bonds. The Balaban J connectivity index is 1.26. The summed E-state index contributed by atoms with van der Waals surface area (Å²) >= 11 is 0. The molecule has 10 nitrogen and oxygen atoms in total. The highest BCUT2D eigenvalue weighted by atomic mass is 31.2. The fourth-order valence-electron chi connectivity index (χ4n) is 7.91. The van der Waals surface area contributed by atoms with Crippen molar-refractivity contribution >= 4 is 13.9 Å². The molecule has 1 aliphatic carbocycles. The Morgan fingerprint density at radius 1 is 0.920 bits per heavy atom. The molecule has 2 saturated heterocycles. The first-order valence-corrected chi connectivity index (χ1v) is 19.0. The van der Waals surface area contributed by atoms with Crippen LogP contribution in [0.3, 0.4) is 0 Å². The number of piperidine rings is 1. The molecule has 3 aliphatic rings. The minimum Gasteiger partial charge on any atom is -0.497 e. The van der Waals surface area contributed by atoms with Crippen molar-refractivity contribution in [3.05, 3.63) is 102 Å². The van der Waals surface area contributed by atoms with E-state index in [0.717, 1.165) is 35.3 Å². The van der Waals surface area contributed by atoms with Gasteiger partial charge < -0.3 is 19.5 Å².